The first kappa shape index (κ1) is 54.0. The Morgan fingerprint density at radius 2 is 1.12 bits per heavy atom. The molecule has 0 bridgehead atoms. The van der Waals surface area contributed by atoms with Crippen LogP contribution in [-0.4, -0.2) is 107 Å². The van der Waals surface area contributed by atoms with Crippen LogP contribution in [0.4, 0.5) is 0 Å². The maximum absolute atomic E-state index is 13.2. The zero-order valence-electron chi connectivity index (χ0n) is 41.0. The smallest absolute Gasteiger partial charge is 0.335 e. The highest BCUT2D eigenvalue weighted by atomic mass is 16.5. The Bertz CT molecular complexity index is 2160. The number of pyridine rings is 2. The van der Waals surface area contributed by atoms with Crippen molar-refractivity contribution in [3.05, 3.63) is 119 Å². The summed E-state index contributed by atoms with van der Waals surface area (Å²) in [5.74, 6) is 0.736. The SMILES string of the molecule is C.CCOC1CC(c2ccncc2)OC2(CCN(C(=O)c3ccc(OC(C)C)c(C)c3)CC2)C1.CCOC1CC(c2ccncc2)OC2(CCNCC2)C1.Cc1cc(C(=O)O)ccc1OC(C)C. The summed E-state index contributed by atoms with van der Waals surface area (Å²) in [6.45, 7) is 20.8. The van der Waals surface area contributed by atoms with Crippen LogP contribution >= 0.6 is 0 Å². The maximum Gasteiger partial charge on any atom is 0.335 e. The minimum Gasteiger partial charge on any atom is -0.491 e. The number of likely N-dealkylation sites (tertiary alicyclic amines) is 1. The van der Waals surface area contributed by atoms with Crippen LogP contribution in [0.25, 0.3) is 0 Å². The van der Waals surface area contributed by atoms with Gasteiger partial charge in [0.05, 0.1) is 53.4 Å². The third-order valence-electron chi connectivity index (χ3n) is 12.9. The number of nitrogens with one attached hydrogen (secondary N) is 1. The topological polar surface area (TPSA) is 151 Å². The lowest BCUT2D eigenvalue weighted by Gasteiger charge is -2.48. The number of benzene rings is 2. The van der Waals surface area contributed by atoms with Crippen LogP contribution in [0.15, 0.2) is 85.5 Å². The number of aryl methyl sites for hydroxylation is 2. The van der Waals surface area contributed by atoms with Gasteiger partial charge in [-0.15, -0.1) is 0 Å². The molecule has 0 radical (unpaired) electrons. The summed E-state index contributed by atoms with van der Waals surface area (Å²) in [6.07, 6.45) is 15.7. The highest BCUT2D eigenvalue weighted by Crippen LogP contribution is 2.45. The second-order valence-electron chi connectivity index (χ2n) is 18.8. The van der Waals surface area contributed by atoms with Crippen LogP contribution in [0.5, 0.6) is 11.5 Å². The standard InChI is InChI=1S/C27H36N2O4.C16H24N2O2.C11H14O3.CH4/c1-5-31-23-17-25(21-8-12-28-13-9-21)33-27(18-23)10-14-29(15-11-27)26(30)22-6-7-24(20(4)16-22)32-19(2)3;1-2-19-14-11-15(13-3-7-17-8-4-13)20-16(12-14)5-9-18-10-6-16;1-7(2)14-10-5-4-9(11(12)13)6-8(10)3;/h6-9,12-13,16,19,23,25H,5,10-11,14-15,17-18H2,1-4H3;3-4,7-8,14-15,18H,2,5-6,9-12H2,1H3;4-7H,1-3H3,(H,12,13);1H4. The highest BCUT2D eigenvalue weighted by Gasteiger charge is 2.46. The molecule has 8 rings (SSSR count). The van der Waals surface area contributed by atoms with E-state index in [2.05, 4.69) is 34.3 Å². The number of aromatic nitrogens is 2. The van der Waals surface area contributed by atoms with Gasteiger partial charge in [0.1, 0.15) is 11.5 Å². The zero-order valence-corrected chi connectivity index (χ0v) is 41.0. The van der Waals surface area contributed by atoms with Crippen molar-refractivity contribution >= 4 is 11.9 Å². The minimum absolute atomic E-state index is 0. The predicted molar refractivity (Wildman–Crippen MR) is 266 cm³/mol. The van der Waals surface area contributed by atoms with Crippen LogP contribution in [-0.2, 0) is 18.9 Å². The van der Waals surface area contributed by atoms with Crippen molar-refractivity contribution < 1.29 is 43.1 Å². The first-order valence-corrected chi connectivity index (χ1v) is 24.4. The van der Waals surface area contributed by atoms with Gasteiger partial charge in [-0.25, -0.2) is 4.79 Å². The molecule has 4 atom stereocenters. The van der Waals surface area contributed by atoms with Gasteiger partial charge in [-0.3, -0.25) is 14.8 Å². The number of piperidine rings is 2. The number of amides is 1. The van der Waals surface area contributed by atoms with Crippen molar-refractivity contribution in [3.8, 4) is 11.5 Å². The molecule has 4 aliphatic rings. The quantitative estimate of drug-likeness (QED) is 0.139. The molecule has 1 amide bonds. The molecular weight excluding hydrogens is 861 g/mol. The molecule has 372 valence electrons. The highest BCUT2D eigenvalue weighted by molar-refractivity contribution is 5.94. The van der Waals surface area contributed by atoms with Crippen LogP contribution < -0.4 is 14.8 Å². The second-order valence-corrected chi connectivity index (χ2v) is 18.8. The lowest BCUT2D eigenvalue weighted by atomic mass is 9.80. The number of hydrogen-bond donors (Lipinski definition) is 2. The van der Waals surface area contributed by atoms with E-state index in [1.54, 1.807) is 18.2 Å². The van der Waals surface area contributed by atoms with E-state index in [1.165, 1.54) is 5.56 Å². The molecule has 68 heavy (non-hydrogen) atoms. The molecule has 13 nitrogen and oxygen atoms in total. The molecule has 0 aliphatic carbocycles. The molecule has 2 spiro atoms. The van der Waals surface area contributed by atoms with Crippen LogP contribution in [0, 0.1) is 13.8 Å². The lowest BCUT2D eigenvalue weighted by molar-refractivity contribution is -0.190. The Balaban J connectivity index is 0.000000210. The summed E-state index contributed by atoms with van der Waals surface area (Å²) in [5, 5.41) is 12.2. The number of hydrogen-bond acceptors (Lipinski definition) is 11. The predicted octanol–water partition coefficient (Wildman–Crippen LogP) is 10.7. The van der Waals surface area contributed by atoms with Gasteiger partial charge in [-0.1, -0.05) is 7.43 Å². The molecule has 4 fully saturated rings. The second kappa shape index (κ2) is 25.6. The zero-order chi connectivity index (χ0) is 48.0. The average molecular weight is 939 g/mol. The summed E-state index contributed by atoms with van der Waals surface area (Å²) in [4.78, 5) is 34.1. The number of carbonyl (C=O) groups is 2. The van der Waals surface area contributed by atoms with Crippen molar-refractivity contribution in [2.24, 2.45) is 0 Å². The van der Waals surface area contributed by atoms with Crippen molar-refractivity contribution in [2.75, 3.05) is 39.4 Å². The van der Waals surface area contributed by atoms with E-state index in [1.807, 2.05) is 108 Å². The molecule has 13 heteroatoms. The van der Waals surface area contributed by atoms with Crippen LogP contribution in [0.1, 0.15) is 156 Å². The van der Waals surface area contributed by atoms with Gasteiger partial charge in [0, 0.05) is 82.3 Å². The fourth-order valence-corrected chi connectivity index (χ4v) is 9.72. The van der Waals surface area contributed by atoms with E-state index in [0.717, 1.165) is 99.3 Å². The minimum atomic E-state index is -0.913. The van der Waals surface area contributed by atoms with Gasteiger partial charge in [-0.2, -0.15) is 0 Å². The fraction of sp³-hybridized carbons (Fsp3) is 0.564. The van der Waals surface area contributed by atoms with Crippen molar-refractivity contribution in [3.63, 3.8) is 0 Å². The molecule has 0 saturated carbocycles. The average Bonchev–Trinajstić information content (AvgIpc) is 3.31. The van der Waals surface area contributed by atoms with Crippen LogP contribution in [0.2, 0.25) is 0 Å². The summed E-state index contributed by atoms with van der Waals surface area (Å²) in [7, 11) is 0. The van der Waals surface area contributed by atoms with Gasteiger partial charge in [0.25, 0.3) is 5.91 Å². The number of aromatic carboxylic acids is 1. The lowest BCUT2D eigenvalue weighted by Crippen LogP contribution is -2.52. The Kier molecular flexibility index (Phi) is 20.4. The summed E-state index contributed by atoms with van der Waals surface area (Å²) in [6, 6.07) is 18.8. The van der Waals surface area contributed by atoms with Crippen LogP contribution in [0.3, 0.4) is 0 Å². The molecule has 6 heterocycles. The van der Waals surface area contributed by atoms with E-state index in [9.17, 15) is 9.59 Å². The van der Waals surface area contributed by atoms with Gasteiger partial charge >= 0.3 is 5.97 Å². The fourth-order valence-electron chi connectivity index (χ4n) is 9.72. The number of ether oxygens (including phenoxy) is 6. The monoisotopic (exact) mass is 939 g/mol. The maximum atomic E-state index is 13.2. The van der Waals surface area contributed by atoms with Gasteiger partial charge in [0.2, 0.25) is 0 Å². The molecule has 2 N–H and O–H groups in total. The Morgan fingerprint density at radius 1 is 0.691 bits per heavy atom. The van der Waals surface area contributed by atoms with E-state index >= 15 is 0 Å². The molecule has 4 unspecified atom stereocenters. The summed E-state index contributed by atoms with van der Waals surface area (Å²) >= 11 is 0. The number of carboxylic acid groups (broad SMARTS) is 1. The summed E-state index contributed by atoms with van der Waals surface area (Å²) in [5.41, 5.74) is 4.95. The van der Waals surface area contributed by atoms with Gasteiger partial charge < -0.3 is 43.7 Å². The van der Waals surface area contributed by atoms with E-state index in [0.29, 0.717) is 36.9 Å². The number of carboxylic acids is 1. The normalized spacial score (nSPS) is 21.7. The number of carbonyl (C=O) groups excluding carboxylic acids is 1. The van der Waals surface area contributed by atoms with Crippen molar-refractivity contribution in [1.82, 2.24) is 20.2 Å². The largest absolute Gasteiger partial charge is 0.491 e. The van der Waals surface area contributed by atoms with Crippen molar-refractivity contribution in [1.29, 1.82) is 0 Å². The Labute approximate surface area is 405 Å². The Hall–Kier alpha value is -4.92. The van der Waals surface area contributed by atoms with E-state index in [4.69, 9.17) is 33.5 Å². The third-order valence-corrected chi connectivity index (χ3v) is 12.9. The molecule has 2 aromatic carbocycles. The van der Waals surface area contributed by atoms with Gasteiger partial charge in [-0.05, 0) is 177 Å². The van der Waals surface area contributed by atoms with E-state index in [-0.39, 0.29) is 55.1 Å². The molecular formula is C55H78N4O9. The molecule has 4 aliphatic heterocycles. The first-order valence-electron chi connectivity index (χ1n) is 24.4. The van der Waals surface area contributed by atoms with Gasteiger partial charge in [0.15, 0.2) is 0 Å². The van der Waals surface area contributed by atoms with E-state index < -0.39 is 5.97 Å². The number of nitrogens with zero attached hydrogens (tertiary/aromatic N) is 3. The third kappa shape index (κ3) is 15.0. The summed E-state index contributed by atoms with van der Waals surface area (Å²) < 4.78 is 36.6. The molecule has 2 aromatic heterocycles. The number of rotatable bonds is 12. The first-order chi connectivity index (χ1) is 32.2. The molecule has 4 saturated heterocycles. The van der Waals surface area contributed by atoms with Crippen molar-refractivity contribution in [2.45, 2.75) is 162 Å². The molecule has 4 aromatic rings. The Morgan fingerprint density at radius 3 is 1.53 bits per heavy atom.